The van der Waals surface area contributed by atoms with Crippen molar-refractivity contribution in [1.82, 2.24) is 4.90 Å². The lowest BCUT2D eigenvalue weighted by Gasteiger charge is -2.31. The first kappa shape index (κ1) is 19.9. The predicted molar refractivity (Wildman–Crippen MR) is 98.1 cm³/mol. The van der Waals surface area contributed by atoms with Crippen LogP contribution in [-0.4, -0.2) is 58.3 Å². The molecule has 0 spiro atoms. The van der Waals surface area contributed by atoms with Crippen LogP contribution in [0.5, 0.6) is 0 Å². The summed E-state index contributed by atoms with van der Waals surface area (Å²) in [5.41, 5.74) is 6.33. The topological polar surface area (TPSA) is 107 Å². The Morgan fingerprint density at radius 2 is 2.00 bits per heavy atom. The molecule has 7 heteroatoms. The van der Waals surface area contributed by atoms with Crippen molar-refractivity contribution in [3.63, 3.8) is 0 Å². The average Bonchev–Trinajstić information content (AvgIpc) is 3.07. The standard InChI is InChI=1S/C18H29BN2O4/c20-18(17(22)23,10-4-5-11-19(24)25)16-9-13-21(14-16)12-8-15-6-2-1-3-7-15/h1-3,6-7,16,24-25H,4-5,8-14,20H2,(H,22,23)/t16-,18?/m1/s1. The zero-order valence-electron chi connectivity index (χ0n) is 14.7. The summed E-state index contributed by atoms with van der Waals surface area (Å²) in [5, 5.41) is 27.4. The van der Waals surface area contributed by atoms with Crippen molar-refractivity contribution in [2.24, 2.45) is 11.7 Å². The van der Waals surface area contributed by atoms with E-state index in [4.69, 9.17) is 15.8 Å². The lowest BCUT2D eigenvalue weighted by molar-refractivity contribution is -0.145. The fourth-order valence-corrected chi connectivity index (χ4v) is 3.62. The van der Waals surface area contributed by atoms with E-state index in [0.29, 0.717) is 25.8 Å². The monoisotopic (exact) mass is 348 g/mol. The van der Waals surface area contributed by atoms with Gasteiger partial charge in [0, 0.05) is 19.0 Å². The van der Waals surface area contributed by atoms with Crippen LogP contribution in [0.2, 0.25) is 6.32 Å². The van der Waals surface area contributed by atoms with Crippen LogP contribution in [0, 0.1) is 5.92 Å². The van der Waals surface area contributed by atoms with Crippen molar-refractivity contribution in [1.29, 1.82) is 0 Å². The number of aliphatic carboxylic acids is 1. The first-order valence-electron chi connectivity index (χ1n) is 9.06. The fourth-order valence-electron chi connectivity index (χ4n) is 3.62. The summed E-state index contributed by atoms with van der Waals surface area (Å²) in [5.74, 6) is -1.02. The summed E-state index contributed by atoms with van der Waals surface area (Å²) in [4.78, 5) is 14.1. The second-order valence-corrected chi connectivity index (χ2v) is 7.09. The Balaban J connectivity index is 1.84. The largest absolute Gasteiger partial charge is 0.480 e. The molecule has 2 atom stereocenters. The zero-order chi connectivity index (χ0) is 18.3. The Hall–Kier alpha value is -1.41. The molecule has 1 aromatic rings. The van der Waals surface area contributed by atoms with Gasteiger partial charge in [-0.1, -0.05) is 43.2 Å². The number of carbonyl (C=O) groups is 1. The van der Waals surface area contributed by atoms with Crippen molar-refractivity contribution in [3.8, 4) is 0 Å². The van der Waals surface area contributed by atoms with Crippen LogP contribution in [-0.2, 0) is 11.2 Å². The van der Waals surface area contributed by atoms with Gasteiger partial charge in [0.2, 0.25) is 0 Å². The summed E-state index contributed by atoms with van der Waals surface area (Å²) in [7, 11) is -1.34. The van der Waals surface area contributed by atoms with Crippen LogP contribution in [0.15, 0.2) is 30.3 Å². The number of carboxylic acid groups (broad SMARTS) is 1. The number of likely N-dealkylation sites (tertiary alicyclic amines) is 1. The maximum atomic E-state index is 11.8. The van der Waals surface area contributed by atoms with Gasteiger partial charge < -0.3 is 25.8 Å². The Morgan fingerprint density at radius 1 is 1.28 bits per heavy atom. The second-order valence-electron chi connectivity index (χ2n) is 7.09. The van der Waals surface area contributed by atoms with Gasteiger partial charge in [-0.05, 0) is 37.7 Å². The molecule has 138 valence electrons. The van der Waals surface area contributed by atoms with Crippen molar-refractivity contribution in [2.75, 3.05) is 19.6 Å². The van der Waals surface area contributed by atoms with Gasteiger partial charge in [0.15, 0.2) is 0 Å². The summed E-state index contributed by atoms with van der Waals surface area (Å²) in [6, 6.07) is 10.3. The van der Waals surface area contributed by atoms with E-state index in [2.05, 4.69) is 17.0 Å². The molecule has 1 fully saturated rings. The van der Waals surface area contributed by atoms with Gasteiger partial charge in [-0.2, -0.15) is 0 Å². The highest BCUT2D eigenvalue weighted by Gasteiger charge is 2.44. The molecule has 1 saturated heterocycles. The molecule has 1 unspecified atom stereocenters. The number of carboxylic acids is 1. The predicted octanol–water partition coefficient (Wildman–Crippen LogP) is 0.976. The van der Waals surface area contributed by atoms with Crippen LogP contribution in [0.3, 0.4) is 0 Å². The van der Waals surface area contributed by atoms with Gasteiger partial charge in [0.25, 0.3) is 0 Å². The number of rotatable bonds is 10. The van der Waals surface area contributed by atoms with Gasteiger partial charge in [-0.15, -0.1) is 0 Å². The number of hydrogen-bond acceptors (Lipinski definition) is 5. The zero-order valence-corrected chi connectivity index (χ0v) is 14.7. The SMILES string of the molecule is NC(CCCCB(O)O)(C(=O)O)[C@@H]1CCN(CCc2ccccc2)C1. The van der Waals surface area contributed by atoms with Gasteiger partial charge in [-0.25, -0.2) is 0 Å². The Bertz CT molecular complexity index is 543. The molecule has 5 N–H and O–H groups in total. The number of hydrogen-bond donors (Lipinski definition) is 4. The fraction of sp³-hybridized carbons (Fsp3) is 0.611. The molecule has 25 heavy (non-hydrogen) atoms. The minimum Gasteiger partial charge on any atom is -0.480 e. The van der Waals surface area contributed by atoms with E-state index in [1.165, 1.54) is 5.56 Å². The van der Waals surface area contributed by atoms with Crippen molar-refractivity contribution < 1.29 is 19.9 Å². The molecule has 1 heterocycles. The average molecular weight is 348 g/mol. The number of nitrogens with two attached hydrogens (primary N) is 1. The van der Waals surface area contributed by atoms with Crippen LogP contribution in [0.1, 0.15) is 31.2 Å². The van der Waals surface area contributed by atoms with E-state index in [1.54, 1.807) is 0 Å². The number of nitrogens with zero attached hydrogens (tertiary/aromatic N) is 1. The molecule has 1 aromatic carbocycles. The lowest BCUT2D eigenvalue weighted by Crippen LogP contribution is -2.55. The number of benzene rings is 1. The smallest absolute Gasteiger partial charge is 0.451 e. The van der Waals surface area contributed by atoms with Crippen molar-refractivity contribution in [2.45, 2.75) is 44.0 Å². The van der Waals surface area contributed by atoms with E-state index in [0.717, 1.165) is 25.9 Å². The highest BCUT2D eigenvalue weighted by Crippen LogP contribution is 2.30. The molecule has 1 aliphatic heterocycles. The Labute approximate surface area is 149 Å². The maximum Gasteiger partial charge on any atom is 0.451 e. The third kappa shape index (κ3) is 5.82. The summed E-state index contributed by atoms with van der Waals surface area (Å²) >= 11 is 0. The molecule has 6 nitrogen and oxygen atoms in total. The Morgan fingerprint density at radius 3 is 2.64 bits per heavy atom. The van der Waals surface area contributed by atoms with Crippen LogP contribution < -0.4 is 5.73 Å². The van der Waals surface area contributed by atoms with Crippen molar-refractivity contribution in [3.05, 3.63) is 35.9 Å². The second kappa shape index (κ2) is 9.34. The normalized spacial score (nSPS) is 20.4. The van der Waals surface area contributed by atoms with Gasteiger partial charge in [-0.3, -0.25) is 4.79 Å². The summed E-state index contributed by atoms with van der Waals surface area (Å²) < 4.78 is 0. The summed E-state index contributed by atoms with van der Waals surface area (Å²) in [6.45, 7) is 2.49. The highest BCUT2D eigenvalue weighted by atomic mass is 16.4. The molecule has 0 bridgehead atoms. The first-order chi connectivity index (χ1) is 11.9. The van der Waals surface area contributed by atoms with E-state index < -0.39 is 18.6 Å². The first-order valence-corrected chi connectivity index (χ1v) is 9.06. The Kier molecular flexibility index (Phi) is 7.44. The van der Waals surface area contributed by atoms with E-state index >= 15 is 0 Å². The van der Waals surface area contributed by atoms with Crippen LogP contribution in [0.4, 0.5) is 0 Å². The molecular formula is C18H29BN2O4. The van der Waals surface area contributed by atoms with Gasteiger partial charge in [0.05, 0.1) is 0 Å². The molecule has 0 aliphatic carbocycles. The minimum atomic E-state index is -1.34. The molecule has 0 amide bonds. The van der Waals surface area contributed by atoms with Gasteiger partial charge in [0.1, 0.15) is 5.54 Å². The minimum absolute atomic E-state index is 0.0696. The van der Waals surface area contributed by atoms with E-state index in [1.807, 2.05) is 18.2 Å². The van der Waals surface area contributed by atoms with Crippen LogP contribution >= 0.6 is 0 Å². The van der Waals surface area contributed by atoms with Gasteiger partial charge >= 0.3 is 13.1 Å². The van der Waals surface area contributed by atoms with Crippen LogP contribution in [0.25, 0.3) is 0 Å². The summed E-state index contributed by atoms with van der Waals surface area (Å²) in [6.07, 6.45) is 3.51. The van der Waals surface area contributed by atoms with E-state index in [-0.39, 0.29) is 12.2 Å². The lowest BCUT2D eigenvalue weighted by atomic mass is 9.77. The maximum absolute atomic E-state index is 11.8. The molecule has 1 aliphatic rings. The molecule has 0 radical (unpaired) electrons. The molecule has 0 saturated carbocycles. The van der Waals surface area contributed by atoms with E-state index in [9.17, 15) is 9.90 Å². The van der Waals surface area contributed by atoms with Crippen molar-refractivity contribution >= 4 is 13.1 Å². The number of unbranched alkanes of at least 4 members (excludes halogenated alkanes) is 1. The third-order valence-electron chi connectivity index (χ3n) is 5.26. The molecular weight excluding hydrogens is 319 g/mol. The highest BCUT2D eigenvalue weighted by molar-refractivity contribution is 6.40. The molecule has 0 aromatic heterocycles. The third-order valence-corrected chi connectivity index (χ3v) is 5.26. The molecule has 2 rings (SSSR count). The quantitative estimate of drug-likeness (QED) is 0.371.